The molecule has 0 spiro atoms. The Bertz CT molecular complexity index is 598. The van der Waals surface area contributed by atoms with Gasteiger partial charge in [0.1, 0.15) is 5.76 Å². The van der Waals surface area contributed by atoms with E-state index in [0.29, 0.717) is 24.6 Å². The van der Waals surface area contributed by atoms with Gasteiger partial charge in [-0.1, -0.05) is 0 Å². The minimum Gasteiger partial charge on any atom is -0.465 e. The van der Waals surface area contributed by atoms with E-state index in [1.54, 1.807) is 32.2 Å². The zero-order chi connectivity index (χ0) is 15.4. The Balaban J connectivity index is 2.43. The Kier molecular flexibility index (Phi) is 4.59. The van der Waals surface area contributed by atoms with Crippen molar-refractivity contribution in [1.82, 2.24) is 4.90 Å². The smallest absolute Gasteiger partial charge is 0.340 e. The van der Waals surface area contributed by atoms with E-state index >= 15 is 0 Å². The Morgan fingerprint density at radius 2 is 2.19 bits per heavy atom. The summed E-state index contributed by atoms with van der Waals surface area (Å²) in [5.41, 5.74) is 1.09. The molecule has 1 aliphatic heterocycles. The van der Waals surface area contributed by atoms with Gasteiger partial charge in [0.2, 0.25) is 0 Å². The molecule has 0 atom stereocenters. The topological polar surface area (TPSA) is 69.0 Å². The summed E-state index contributed by atoms with van der Waals surface area (Å²) >= 11 is 0. The Morgan fingerprint density at radius 3 is 2.76 bits per heavy atom. The number of ether oxygens (including phenoxy) is 2. The van der Waals surface area contributed by atoms with Gasteiger partial charge in [0.25, 0.3) is 5.91 Å². The van der Waals surface area contributed by atoms with Crippen molar-refractivity contribution in [2.45, 2.75) is 6.92 Å². The third-order valence-corrected chi connectivity index (χ3v) is 3.25. The number of furan rings is 1. The lowest BCUT2D eigenvalue weighted by atomic mass is 10.1. The van der Waals surface area contributed by atoms with E-state index in [1.807, 2.05) is 0 Å². The molecular weight excluding hydrogens is 274 g/mol. The Morgan fingerprint density at radius 1 is 1.43 bits per heavy atom. The number of rotatable bonds is 5. The molecule has 1 aromatic rings. The average molecular weight is 291 g/mol. The fourth-order valence-corrected chi connectivity index (χ4v) is 2.20. The van der Waals surface area contributed by atoms with Crippen molar-refractivity contribution in [3.63, 3.8) is 0 Å². The highest BCUT2D eigenvalue weighted by Crippen LogP contribution is 2.31. The molecule has 0 radical (unpaired) electrons. The second kappa shape index (κ2) is 6.41. The second-order valence-corrected chi connectivity index (χ2v) is 4.48. The van der Waals surface area contributed by atoms with Gasteiger partial charge in [0, 0.05) is 19.4 Å². The number of esters is 1. The number of hydrogen-bond donors (Lipinski definition) is 0. The fraction of sp³-hybridized carbons (Fsp3) is 0.333. The number of hydrogen-bond acceptors (Lipinski definition) is 5. The standard InChI is InChI=1S/C15H17NO5/c1-10-13(15(18)20-3)12(9-11-5-4-7-21-11)14(17)16(10)6-8-19-2/h4-5,7,9H,6,8H2,1-3H3/b12-9-. The highest BCUT2D eigenvalue weighted by Gasteiger charge is 2.36. The van der Waals surface area contributed by atoms with Crippen molar-refractivity contribution in [2.75, 3.05) is 27.4 Å². The molecule has 0 N–H and O–H groups in total. The van der Waals surface area contributed by atoms with Gasteiger partial charge in [0.15, 0.2) is 0 Å². The van der Waals surface area contributed by atoms with E-state index < -0.39 is 5.97 Å². The van der Waals surface area contributed by atoms with Gasteiger partial charge in [-0.2, -0.15) is 0 Å². The molecule has 0 aromatic carbocycles. The fourth-order valence-electron chi connectivity index (χ4n) is 2.20. The predicted octanol–water partition coefficient (Wildman–Crippen LogP) is 1.60. The van der Waals surface area contributed by atoms with Gasteiger partial charge in [-0.15, -0.1) is 0 Å². The first kappa shape index (κ1) is 15.1. The van der Waals surface area contributed by atoms with Crippen LogP contribution in [0.4, 0.5) is 0 Å². The lowest BCUT2D eigenvalue weighted by Crippen LogP contribution is -2.28. The van der Waals surface area contributed by atoms with E-state index in [2.05, 4.69) is 0 Å². The Labute approximate surface area is 122 Å². The lowest BCUT2D eigenvalue weighted by molar-refractivity contribution is -0.136. The molecule has 112 valence electrons. The van der Waals surface area contributed by atoms with Crippen molar-refractivity contribution in [3.05, 3.63) is 41.0 Å². The first-order valence-electron chi connectivity index (χ1n) is 6.45. The number of amides is 1. The van der Waals surface area contributed by atoms with Crippen molar-refractivity contribution < 1.29 is 23.5 Å². The molecule has 0 saturated heterocycles. The van der Waals surface area contributed by atoms with Crippen molar-refractivity contribution in [1.29, 1.82) is 0 Å². The lowest BCUT2D eigenvalue weighted by Gasteiger charge is -2.16. The van der Waals surface area contributed by atoms with Gasteiger partial charge in [0.05, 0.1) is 31.1 Å². The summed E-state index contributed by atoms with van der Waals surface area (Å²) in [5, 5.41) is 0. The largest absolute Gasteiger partial charge is 0.465 e. The maximum atomic E-state index is 12.5. The van der Waals surface area contributed by atoms with Gasteiger partial charge in [-0.05, 0) is 25.1 Å². The molecule has 6 heteroatoms. The zero-order valence-electron chi connectivity index (χ0n) is 12.2. The minimum absolute atomic E-state index is 0.259. The van der Waals surface area contributed by atoms with E-state index in [9.17, 15) is 9.59 Å². The van der Waals surface area contributed by atoms with Crippen LogP contribution in [-0.2, 0) is 19.1 Å². The number of carbonyl (C=O) groups is 2. The van der Waals surface area contributed by atoms with Crippen LogP contribution in [0.3, 0.4) is 0 Å². The minimum atomic E-state index is -0.543. The summed E-state index contributed by atoms with van der Waals surface area (Å²) in [5.74, 6) is -0.305. The van der Waals surface area contributed by atoms with Crippen LogP contribution in [0.5, 0.6) is 0 Å². The number of carbonyl (C=O) groups excluding carboxylic acids is 2. The summed E-state index contributed by atoms with van der Waals surface area (Å²) in [6, 6.07) is 3.42. The van der Waals surface area contributed by atoms with Crippen LogP contribution in [0.2, 0.25) is 0 Å². The third kappa shape index (κ3) is 2.90. The second-order valence-electron chi connectivity index (χ2n) is 4.48. The van der Waals surface area contributed by atoms with Crippen molar-refractivity contribution in [3.8, 4) is 0 Å². The van der Waals surface area contributed by atoms with Crippen LogP contribution in [0.15, 0.2) is 39.7 Å². The van der Waals surface area contributed by atoms with Crippen LogP contribution in [-0.4, -0.2) is 44.1 Å². The highest BCUT2D eigenvalue weighted by atomic mass is 16.5. The summed E-state index contributed by atoms with van der Waals surface area (Å²) in [4.78, 5) is 26.0. The summed E-state index contributed by atoms with van der Waals surface area (Å²) < 4.78 is 15.0. The molecule has 1 aliphatic rings. The molecule has 6 nitrogen and oxygen atoms in total. The van der Waals surface area contributed by atoms with Crippen LogP contribution in [0.25, 0.3) is 6.08 Å². The normalized spacial score (nSPS) is 17.0. The molecule has 2 rings (SSSR count). The van der Waals surface area contributed by atoms with Gasteiger partial charge in [-0.25, -0.2) is 4.79 Å². The number of methoxy groups -OCH3 is 2. The van der Waals surface area contributed by atoms with Crippen LogP contribution >= 0.6 is 0 Å². The third-order valence-electron chi connectivity index (χ3n) is 3.25. The monoisotopic (exact) mass is 291 g/mol. The van der Waals surface area contributed by atoms with Crippen molar-refractivity contribution in [2.24, 2.45) is 0 Å². The molecule has 0 saturated carbocycles. The van der Waals surface area contributed by atoms with Crippen LogP contribution in [0.1, 0.15) is 12.7 Å². The molecular formula is C15H17NO5. The molecule has 1 aromatic heterocycles. The number of allylic oxidation sites excluding steroid dienone is 1. The van der Waals surface area contributed by atoms with E-state index in [0.717, 1.165) is 0 Å². The van der Waals surface area contributed by atoms with E-state index in [-0.39, 0.29) is 17.1 Å². The maximum Gasteiger partial charge on any atom is 0.340 e. The average Bonchev–Trinajstić information content (AvgIpc) is 3.06. The molecule has 0 aliphatic carbocycles. The molecule has 0 fully saturated rings. The first-order valence-corrected chi connectivity index (χ1v) is 6.45. The molecule has 1 amide bonds. The zero-order valence-corrected chi connectivity index (χ0v) is 12.2. The molecule has 0 bridgehead atoms. The van der Waals surface area contributed by atoms with E-state index in [4.69, 9.17) is 13.9 Å². The molecule has 21 heavy (non-hydrogen) atoms. The quantitative estimate of drug-likeness (QED) is 0.609. The Hall–Kier alpha value is -2.34. The van der Waals surface area contributed by atoms with Gasteiger partial charge in [-0.3, -0.25) is 4.79 Å². The molecule has 0 unspecified atom stereocenters. The summed E-state index contributed by atoms with van der Waals surface area (Å²) in [6.07, 6.45) is 3.05. The first-order chi connectivity index (χ1) is 10.1. The maximum absolute atomic E-state index is 12.5. The van der Waals surface area contributed by atoms with Crippen LogP contribution < -0.4 is 0 Å². The number of nitrogens with zero attached hydrogens (tertiary/aromatic N) is 1. The predicted molar refractivity (Wildman–Crippen MR) is 75.0 cm³/mol. The summed E-state index contributed by atoms with van der Waals surface area (Å²) in [7, 11) is 2.84. The summed E-state index contributed by atoms with van der Waals surface area (Å²) in [6.45, 7) is 2.46. The van der Waals surface area contributed by atoms with E-state index in [1.165, 1.54) is 18.3 Å². The van der Waals surface area contributed by atoms with Crippen LogP contribution in [0, 0.1) is 0 Å². The van der Waals surface area contributed by atoms with Crippen molar-refractivity contribution >= 4 is 18.0 Å². The SMILES string of the molecule is COCCN1C(=O)/C(=C\c2ccco2)C(C(=O)OC)=C1C. The molecule has 2 heterocycles. The van der Waals surface area contributed by atoms with Gasteiger partial charge < -0.3 is 18.8 Å². The highest BCUT2D eigenvalue weighted by molar-refractivity contribution is 6.16. The van der Waals surface area contributed by atoms with Gasteiger partial charge >= 0.3 is 5.97 Å².